The molecule has 0 radical (unpaired) electrons. The van der Waals surface area contributed by atoms with Crippen molar-refractivity contribution in [1.29, 1.82) is 0 Å². The first kappa shape index (κ1) is 62.7. The number of pyridine rings is 2. The first-order valence-corrected chi connectivity index (χ1v) is 33.7. The molecule has 8 heterocycles. The number of halogens is 2. The standard InChI is InChI=1S/C70H94F2N6O10/c1-70(2,88-69(81)65(59-39-51(72)41-61(63(59)47-18-19-47)87-55-26-36-83-37-27-55)78-44-57(45-78)85-33-7-3-5-14-52-22-20-48-12-9-29-73-66(48)74-52)28-11-31-76-30-10-13-49-21-23-53(75-67(49)76)15-6-4-8-32-84-56-42-77(43-56)64(68(79)80)58-38-50(71)40-60(62(58)46-16-17-46)86-54-24-34-82-35-25-54/h20-23,38-41,46-47,54-57,64-65H,3-19,24-37,42-45H2,1-2H3,(H,73,74)(H,79,80). The molecule has 2 aliphatic carbocycles. The maximum Gasteiger partial charge on any atom is 0.328 e. The molecule has 2 aromatic carbocycles. The van der Waals surface area contributed by atoms with Gasteiger partial charge in [-0.1, -0.05) is 25.0 Å². The van der Waals surface area contributed by atoms with Crippen LogP contribution in [0, 0.1) is 11.6 Å². The summed E-state index contributed by atoms with van der Waals surface area (Å²) in [5.74, 6) is 1.26. The monoisotopic (exact) mass is 1220 g/mol. The molecule has 18 heteroatoms. The van der Waals surface area contributed by atoms with Gasteiger partial charge < -0.3 is 48.5 Å². The molecule has 2 unspecified atom stereocenters. The van der Waals surface area contributed by atoms with Crippen LogP contribution in [0.5, 0.6) is 11.5 Å². The lowest BCUT2D eigenvalue weighted by atomic mass is 9.92. The van der Waals surface area contributed by atoms with Crippen LogP contribution in [-0.4, -0.2) is 152 Å². The van der Waals surface area contributed by atoms with E-state index in [-0.39, 0.29) is 42.2 Å². The van der Waals surface area contributed by atoms with E-state index in [1.54, 1.807) is 6.07 Å². The number of hydrogen-bond acceptors (Lipinski definition) is 15. The SMILES string of the molecule is CC(C)(CCCN1CCCc2ccc(CCCCCOC3CN(C(C(=O)O)c4cc(F)cc(OC5CCOCC5)c4C4CC4)C3)nc21)OC(=O)C(c1cc(F)cc(OC2CCOCC2)c1C1CC1)N1CC(OCCCCCc2ccc3c(n2)NCCC3)C1. The second-order valence-corrected chi connectivity index (χ2v) is 26.9. The van der Waals surface area contributed by atoms with Crippen molar-refractivity contribution < 1.29 is 56.6 Å². The number of ether oxygens (including phenoxy) is 7. The number of carbonyl (C=O) groups excluding carboxylic acids is 1. The van der Waals surface area contributed by atoms with Crippen LogP contribution in [0.3, 0.4) is 0 Å². The summed E-state index contributed by atoms with van der Waals surface area (Å²) >= 11 is 0. The Morgan fingerprint density at radius 1 is 0.648 bits per heavy atom. The van der Waals surface area contributed by atoms with Crippen LogP contribution in [0.25, 0.3) is 0 Å². The van der Waals surface area contributed by atoms with Gasteiger partial charge in [0.25, 0.3) is 0 Å². The molecule has 0 spiro atoms. The Kier molecular flexibility index (Phi) is 20.8. The van der Waals surface area contributed by atoms with Crippen molar-refractivity contribution in [2.45, 2.75) is 209 Å². The summed E-state index contributed by atoms with van der Waals surface area (Å²) in [6.45, 7) is 12.4. The first-order chi connectivity index (χ1) is 42.9. The quantitative estimate of drug-likeness (QED) is 0.0361. The van der Waals surface area contributed by atoms with Crippen LogP contribution < -0.4 is 19.7 Å². The summed E-state index contributed by atoms with van der Waals surface area (Å²) in [6.07, 6.45) is 19.9. The van der Waals surface area contributed by atoms with Gasteiger partial charge in [-0.05, 0) is 175 Å². The average Bonchev–Trinajstić information content (AvgIpc) is 1.69. The number of nitrogens with one attached hydrogen (secondary N) is 1. The van der Waals surface area contributed by atoms with Crippen molar-refractivity contribution in [1.82, 2.24) is 19.8 Å². The molecule has 0 bridgehead atoms. The van der Waals surface area contributed by atoms with Gasteiger partial charge in [0.1, 0.15) is 64.7 Å². The van der Waals surface area contributed by atoms with Crippen molar-refractivity contribution >= 4 is 23.6 Å². The lowest BCUT2D eigenvalue weighted by Gasteiger charge is -2.44. The smallest absolute Gasteiger partial charge is 0.328 e. The van der Waals surface area contributed by atoms with Crippen LogP contribution in [0.2, 0.25) is 0 Å². The number of nitrogens with zero attached hydrogens (tertiary/aromatic N) is 5. The van der Waals surface area contributed by atoms with E-state index in [4.69, 9.17) is 43.1 Å². The number of unbranched alkanes of at least 4 members (excludes halogenated alkanes) is 4. The number of likely N-dealkylation sites (tertiary alicyclic amines) is 2. The third kappa shape index (κ3) is 16.1. The molecule has 4 aromatic rings. The van der Waals surface area contributed by atoms with Gasteiger partial charge in [-0.25, -0.2) is 23.5 Å². The number of esters is 1. The van der Waals surface area contributed by atoms with Crippen molar-refractivity contribution in [2.75, 3.05) is 95.7 Å². The minimum absolute atomic E-state index is 0.0301. The highest BCUT2D eigenvalue weighted by molar-refractivity contribution is 5.80. The Morgan fingerprint density at radius 2 is 1.18 bits per heavy atom. The highest BCUT2D eigenvalue weighted by atomic mass is 19.1. The van der Waals surface area contributed by atoms with Gasteiger partial charge in [-0.2, -0.15) is 0 Å². The molecular weight excluding hydrogens is 1120 g/mol. The fourth-order valence-electron chi connectivity index (χ4n) is 14.1. The van der Waals surface area contributed by atoms with Gasteiger partial charge >= 0.3 is 11.9 Å². The summed E-state index contributed by atoms with van der Waals surface area (Å²) in [7, 11) is 0. The highest BCUT2D eigenvalue weighted by Gasteiger charge is 2.45. The number of carboxylic acids is 1. The fourth-order valence-corrected chi connectivity index (χ4v) is 14.1. The van der Waals surface area contributed by atoms with Crippen LogP contribution in [0.4, 0.5) is 20.4 Å². The normalized spacial score (nSPS) is 20.5. The summed E-state index contributed by atoms with van der Waals surface area (Å²) in [6, 6.07) is 12.9. The Balaban J connectivity index is 0.608. The molecule has 6 aliphatic heterocycles. The van der Waals surface area contributed by atoms with Crippen molar-refractivity contribution in [3.8, 4) is 11.5 Å². The summed E-state index contributed by atoms with van der Waals surface area (Å²) in [4.78, 5) is 44.3. The number of aromatic nitrogens is 2. The van der Waals surface area contributed by atoms with E-state index in [1.807, 2.05) is 18.7 Å². The van der Waals surface area contributed by atoms with E-state index in [1.165, 1.54) is 29.3 Å². The van der Waals surface area contributed by atoms with E-state index >= 15 is 8.78 Å². The van der Waals surface area contributed by atoms with Crippen LogP contribution in [0.1, 0.15) is 198 Å². The molecule has 2 N–H and O–H groups in total. The first-order valence-electron chi connectivity index (χ1n) is 33.7. The summed E-state index contributed by atoms with van der Waals surface area (Å²) in [5.41, 5.74) is 6.93. The Labute approximate surface area is 519 Å². The van der Waals surface area contributed by atoms with Gasteiger partial charge in [0.2, 0.25) is 0 Å². The molecule has 4 saturated heterocycles. The highest BCUT2D eigenvalue weighted by Crippen LogP contribution is 2.51. The number of anilines is 2. The maximum atomic E-state index is 16.0. The minimum Gasteiger partial charge on any atom is -0.490 e. The Bertz CT molecular complexity index is 3010. The molecule has 6 fully saturated rings. The number of carboxylic acid groups (broad SMARTS) is 1. The van der Waals surface area contributed by atoms with Gasteiger partial charge in [0.15, 0.2) is 0 Å². The number of fused-ring (bicyclic) bond motifs is 2. The van der Waals surface area contributed by atoms with E-state index in [2.05, 4.69) is 39.4 Å². The van der Waals surface area contributed by atoms with Crippen LogP contribution in [-0.2, 0) is 59.0 Å². The Hall–Kier alpha value is -5.50. The second-order valence-electron chi connectivity index (χ2n) is 26.9. The van der Waals surface area contributed by atoms with Crippen LogP contribution >= 0.6 is 0 Å². The third-order valence-electron chi connectivity index (χ3n) is 19.3. The van der Waals surface area contributed by atoms with Gasteiger partial charge in [0.05, 0.1) is 38.6 Å². The zero-order valence-corrected chi connectivity index (χ0v) is 52.1. The number of benzene rings is 2. The van der Waals surface area contributed by atoms with E-state index in [0.717, 1.165) is 189 Å². The van der Waals surface area contributed by atoms with Gasteiger partial charge in [-0.3, -0.25) is 14.6 Å². The molecule has 8 aliphatic rings. The largest absolute Gasteiger partial charge is 0.490 e. The van der Waals surface area contributed by atoms with Gasteiger partial charge in [-0.15, -0.1) is 0 Å². The zero-order chi connectivity index (χ0) is 60.6. The molecule has 88 heavy (non-hydrogen) atoms. The minimum atomic E-state index is -0.987. The third-order valence-corrected chi connectivity index (χ3v) is 19.3. The predicted octanol–water partition coefficient (Wildman–Crippen LogP) is 11.9. The number of aliphatic carboxylic acids is 1. The average molecular weight is 1220 g/mol. The van der Waals surface area contributed by atoms with Crippen molar-refractivity contribution in [3.63, 3.8) is 0 Å². The predicted molar refractivity (Wildman–Crippen MR) is 332 cm³/mol. The second kappa shape index (κ2) is 29.2. The summed E-state index contributed by atoms with van der Waals surface area (Å²) in [5, 5.41) is 14.0. The number of aryl methyl sites for hydroxylation is 4. The van der Waals surface area contributed by atoms with Crippen LogP contribution in [0.15, 0.2) is 48.5 Å². The summed E-state index contributed by atoms with van der Waals surface area (Å²) < 4.78 is 74.5. The van der Waals surface area contributed by atoms with E-state index < -0.39 is 35.3 Å². The molecule has 478 valence electrons. The molecule has 2 aromatic heterocycles. The molecular formula is C70H94F2N6O10. The van der Waals surface area contributed by atoms with Gasteiger partial charge in [0, 0.05) is 119 Å². The zero-order valence-electron chi connectivity index (χ0n) is 52.1. The van der Waals surface area contributed by atoms with Crippen molar-refractivity contribution in [2.24, 2.45) is 0 Å². The topological polar surface area (TPSA) is 167 Å². The Morgan fingerprint density at radius 3 is 1.75 bits per heavy atom. The lowest BCUT2D eigenvalue weighted by Crippen LogP contribution is -2.56. The fraction of sp³-hybridized carbons (Fsp3) is 0.657. The number of carbonyl (C=O) groups is 2. The van der Waals surface area contributed by atoms with E-state index in [9.17, 15) is 14.7 Å². The molecule has 2 atom stereocenters. The maximum absolute atomic E-state index is 16.0. The molecule has 2 saturated carbocycles. The van der Waals surface area contributed by atoms with Crippen molar-refractivity contribution in [3.05, 3.63) is 105 Å². The van der Waals surface area contributed by atoms with E-state index in [0.29, 0.717) is 94.9 Å². The molecule has 0 amide bonds. The molecule has 16 nitrogen and oxygen atoms in total. The number of hydrogen-bond donors (Lipinski definition) is 2. The number of rotatable bonds is 31. The molecule has 12 rings (SSSR count). The lowest BCUT2D eigenvalue weighted by molar-refractivity contribution is -0.170.